The lowest BCUT2D eigenvalue weighted by molar-refractivity contribution is 0.0848. The molecular weight excluding hydrogens is 302 g/mol. The molecule has 122 valence electrons. The van der Waals surface area contributed by atoms with Gasteiger partial charge in [0.15, 0.2) is 11.5 Å². The minimum atomic E-state index is -0.00196. The van der Waals surface area contributed by atoms with Gasteiger partial charge in [0, 0.05) is 11.1 Å². The Morgan fingerprint density at radius 1 is 1.04 bits per heavy atom. The second-order valence-corrected chi connectivity index (χ2v) is 5.98. The predicted molar refractivity (Wildman–Crippen MR) is 92.3 cm³/mol. The van der Waals surface area contributed by atoms with Crippen LogP contribution in [0.4, 0.5) is 0 Å². The van der Waals surface area contributed by atoms with Crippen LogP contribution in [-0.4, -0.2) is 22.8 Å². The van der Waals surface area contributed by atoms with E-state index in [1.807, 2.05) is 54.6 Å². The highest BCUT2D eigenvalue weighted by Crippen LogP contribution is 2.32. The maximum atomic E-state index is 9.65. The molecular formula is C20H19NO3. The van der Waals surface area contributed by atoms with Gasteiger partial charge in [-0.05, 0) is 42.7 Å². The van der Waals surface area contributed by atoms with E-state index in [9.17, 15) is 5.11 Å². The zero-order valence-corrected chi connectivity index (χ0v) is 13.3. The van der Waals surface area contributed by atoms with Gasteiger partial charge >= 0.3 is 0 Å². The van der Waals surface area contributed by atoms with E-state index in [4.69, 9.17) is 14.5 Å². The molecule has 0 saturated carbocycles. The van der Waals surface area contributed by atoms with Crippen molar-refractivity contribution in [2.45, 2.75) is 25.6 Å². The zero-order valence-electron chi connectivity index (χ0n) is 13.3. The third-order valence-corrected chi connectivity index (χ3v) is 4.33. The van der Waals surface area contributed by atoms with E-state index in [1.54, 1.807) is 0 Å². The molecule has 4 heteroatoms. The normalized spacial score (nSPS) is 16.3. The van der Waals surface area contributed by atoms with Gasteiger partial charge in [-0.3, -0.25) is 4.98 Å². The third-order valence-electron chi connectivity index (χ3n) is 4.33. The van der Waals surface area contributed by atoms with Gasteiger partial charge in [-0.1, -0.05) is 30.3 Å². The number of para-hydroxylation sites is 3. The van der Waals surface area contributed by atoms with Crippen LogP contribution in [-0.2, 0) is 13.0 Å². The van der Waals surface area contributed by atoms with Crippen LogP contribution in [0.2, 0.25) is 0 Å². The van der Waals surface area contributed by atoms with Crippen LogP contribution in [0.25, 0.3) is 10.9 Å². The summed E-state index contributed by atoms with van der Waals surface area (Å²) in [4.78, 5) is 4.72. The van der Waals surface area contributed by atoms with Gasteiger partial charge in [0.25, 0.3) is 0 Å². The summed E-state index contributed by atoms with van der Waals surface area (Å²) in [6.45, 7) is 0.539. The number of aliphatic hydroxyl groups excluding tert-OH is 1. The van der Waals surface area contributed by atoms with Gasteiger partial charge in [0.05, 0.1) is 12.1 Å². The van der Waals surface area contributed by atoms with Crippen molar-refractivity contribution in [2.75, 3.05) is 6.61 Å². The van der Waals surface area contributed by atoms with Crippen molar-refractivity contribution in [1.82, 2.24) is 4.98 Å². The number of benzene rings is 2. The highest BCUT2D eigenvalue weighted by molar-refractivity contribution is 5.79. The average molecular weight is 321 g/mol. The van der Waals surface area contributed by atoms with E-state index in [0.29, 0.717) is 6.61 Å². The third kappa shape index (κ3) is 2.93. The molecule has 1 aliphatic heterocycles. The first-order valence-electron chi connectivity index (χ1n) is 8.20. The lowest BCUT2D eigenvalue weighted by atomic mass is 10.0. The Bertz CT molecular complexity index is 862. The number of aryl methyl sites for hydroxylation is 1. The quantitative estimate of drug-likeness (QED) is 0.799. The van der Waals surface area contributed by atoms with Crippen molar-refractivity contribution in [1.29, 1.82) is 0 Å². The van der Waals surface area contributed by atoms with Crippen LogP contribution in [0.3, 0.4) is 0 Å². The van der Waals surface area contributed by atoms with E-state index in [0.717, 1.165) is 46.5 Å². The van der Waals surface area contributed by atoms with E-state index in [-0.39, 0.29) is 12.7 Å². The first-order valence-corrected chi connectivity index (χ1v) is 8.20. The monoisotopic (exact) mass is 321 g/mol. The Kier molecular flexibility index (Phi) is 4.05. The molecule has 4 nitrogen and oxygen atoms in total. The van der Waals surface area contributed by atoms with E-state index in [2.05, 4.69) is 0 Å². The van der Waals surface area contributed by atoms with Gasteiger partial charge < -0.3 is 14.6 Å². The molecule has 2 heterocycles. The smallest absolute Gasteiger partial charge is 0.161 e. The minimum absolute atomic E-state index is 0.000266. The van der Waals surface area contributed by atoms with Crippen LogP contribution in [0.15, 0.2) is 54.6 Å². The van der Waals surface area contributed by atoms with Gasteiger partial charge in [-0.15, -0.1) is 0 Å². The molecule has 0 spiro atoms. The van der Waals surface area contributed by atoms with Crippen LogP contribution in [0, 0.1) is 0 Å². The molecule has 0 aliphatic carbocycles. The number of ether oxygens (including phenoxy) is 2. The number of fused-ring (bicyclic) bond motifs is 2. The highest BCUT2D eigenvalue weighted by atomic mass is 16.6. The maximum absolute atomic E-state index is 9.65. The lowest BCUT2D eigenvalue weighted by Gasteiger charge is -2.26. The molecule has 1 aliphatic rings. The van der Waals surface area contributed by atoms with E-state index >= 15 is 0 Å². The number of hydrogen-bond donors (Lipinski definition) is 1. The molecule has 0 unspecified atom stereocenters. The summed E-state index contributed by atoms with van der Waals surface area (Å²) in [7, 11) is 0. The Morgan fingerprint density at radius 2 is 1.83 bits per heavy atom. The van der Waals surface area contributed by atoms with E-state index in [1.165, 1.54) is 0 Å². The molecule has 1 atom stereocenters. The predicted octanol–water partition coefficient (Wildman–Crippen LogP) is 3.50. The summed E-state index contributed by atoms with van der Waals surface area (Å²) in [5, 5.41) is 10.7. The Morgan fingerprint density at radius 3 is 2.71 bits per heavy atom. The number of aliphatic hydroxyl groups is 1. The van der Waals surface area contributed by atoms with Gasteiger partial charge in [0.2, 0.25) is 0 Å². The average Bonchev–Trinajstić information content (AvgIpc) is 2.65. The number of nitrogens with zero attached hydrogens (tertiary/aromatic N) is 1. The standard InChI is InChI=1S/C20H19NO3/c22-12-15-11-14-5-1-2-6-17(14)21-18(15)10-9-16-13-23-19-7-3-4-8-20(19)24-16/h1-8,11,16,22H,9-10,12-13H2/t16-/m1/s1. The molecule has 24 heavy (non-hydrogen) atoms. The molecule has 0 amide bonds. The maximum Gasteiger partial charge on any atom is 0.161 e. The summed E-state index contributed by atoms with van der Waals surface area (Å²) in [6, 6.07) is 17.7. The van der Waals surface area contributed by atoms with E-state index < -0.39 is 0 Å². The molecule has 0 bridgehead atoms. The largest absolute Gasteiger partial charge is 0.486 e. The van der Waals surface area contributed by atoms with Gasteiger partial charge in [0.1, 0.15) is 12.7 Å². The number of pyridine rings is 1. The molecule has 1 aromatic heterocycles. The summed E-state index contributed by atoms with van der Waals surface area (Å²) in [6.07, 6.45) is 1.54. The van der Waals surface area contributed by atoms with Gasteiger partial charge in [-0.2, -0.15) is 0 Å². The fourth-order valence-corrected chi connectivity index (χ4v) is 3.06. The second kappa shape index (κ2) is 6.49. The lowest BCUT2D eigenvalue weighted by Crippen LogP contribution is -2.29. The molecule has 0 fully saturated rings. The van der Waals surface area contributed by atoms with Crippen LogP contribution in [0.1, 0.15) is 17.7 Å². The van der Waals surface area contributed by atoms with Crippen molar-refractivity contribution in [3.05, 3.63) is 65.9 Å². The fourth-order valence-electron chi connectivity index (χ4n) is 3.06. The molecule has 2 aromatic carbocycles. The van der Waals surface area contributed by atoms with Gasteiger partial charge in [-0.25, -0.2) is 0 Å². The molecule has 0 radical (unpaired) electrons. The Hall–Kier alpha value is -2.59. The first-order chi connectivity index (χ1) is 11.8. The molecule has 3 aromatic rings. The molecule has 1 N–H and O–H groups in total. The fraction of sp³-hybridized carbons (Fsp3) is 0.250. The second-order valence-electron chi connectivity index (χ2n) is 5.98. The summed E-state index contributed by atoms with van der Waals surface area (Å²) >= 11 is 0. The topological polar surface area (TPSA) is 51.6 Å². The summed E-state index contributed by atoms with van der Waals surface area (Å²) in [5.41, 5.74) is 2.76. The van der Waals surface area contributed by atoms with Crippen molar-refractivity contribution in [3.8, 4) is 11.5 Å². The minimum Gasteiger partial charge on any atom is -0.486 e. The summed E-state index contributed by atoms with van der Waals surface area (Å²) < 4.78 is 11.8. The van der Waals surface area contributed by atoms with Crippen molar-refractivity contribution in [3.63, 3.8) is 0 Å². The Balaban J connectivity index is 1.51. The molecule has 4 rings (SSSR count). The Labute approximate surface area is 140 Å². The van der Waals surface area contributed by atoms with Crippen molar-refractivity contribution < 1.29 is 14.6 Å². The van der Waals surface area contributed by atoms with Crippen LogP contribution >= 0.6 is 0 Å². The number of hydrogen-bond acceptors (Lipinski definition) is 4. The number of aromatic nitrogens is 1. The van der Waals surface area contributed by atoms with Crippen LogP contribution in [0.5, 0.6) is 11.5 Å². The van der Waals surface area contributed by atoms with Crippen LogP contribution < -0.4 is 9.47 Å². The summed E-state index contributed by atoms with van der Waals surface area (Å²) in [5.74, 6) is 1.59. The van der Waals surface area contributed by atoms with Crippen molar-refractivity contribution >= 4 is 10.9 Å². The SMILES string of the molecule is OCc1cc2ccccc2nc1CC[C@@H]1COc2ccccc2O1. The highest BCUT2D eigenvalue weighted by Gasteiger charge is 2.21. The first kappa shape index (κ1) is 15.0. The number of rotatable bonds is 4. The zero-order chi connectivity index (χ0) is 16.4. The van der Waals surface area contributed by atoms with Crippen molar-refractivity contribution in [2.24, 2.45) is 0 Å². The molecule has 0 saturated heterocycles.